The van der Waals surface area contributed by atoms with Crippen molar-refractivity contribution in [3.63, 3.8) is 0 Å². The van der Waals surface area contributed by atoms with Crippen molar-refractivity contribution in [1.29, 1.82) is 0 Å². The van der Waals surface area contributed by atoms with Crippen molar-refractivity contribution in [2.24, 2.45) is 0 Å². The Balaban J connectivity index is 2.21. The van der Waals surface area contributed by atoms with E-state index in [1.54, 1.807) is 7.11 Å². The summed E-state index contributed by atoms with van der Waals surface area (Å²) in [6, 6.07) is 6.27. The fourth-order valence-corrected chi connectivity index (χ4v) is 1.90. The van der Waals surface area contributed by atoms with E-state index in [1.165, 1.54) is 24.8 Å². The monoisotopic (exact) mass is 234 g/mol. The van der Waals surface area contributed by atoms with Gasteiger partial charge in [-0.15, -0.1) is 0 Å². The maximum absolute atomic E-state index is 5.91. The van der Waals surface area contributed by atoms with Gasteiger partial charge in [-0.1, -0.05) is 26.8 Å². The van der Waals surface area contributed by atoms with Crippen molar-refractivity contribution in [2.45, 2.75) is 51.6 Å². The summed E-state index contributed by atoms with van der Waals surface area (Å²) in [6.45, 7) is 6.61. The highest BCUT2D eigenvalue weighted by Gasteiger charge is 2.22. The van der Waals surface area contributed by atoms with Gasteiger partial charge >= 0.3 is 0 Å². The van der Waals surface area contributed by atoms with Gasteiger partial charge in [-0.05, 0) is 42.4 Å². The van der Waals surface area contributed by atoms with Gasteiger partial charge < -0.3 is 9.47 Å². The quantitative estimate of drug-likeness (QED) is 0.789. The molecule has 0 heterocycles. The third-order valence-corrected chi connectivity index (χ3v) is 3.38. The molecule has 2 nitrogen and oxygen atoms in total. The Morgan fingerprint density at radius 3 is 2.29 bits per heavy atom. The number of methoxy groups -OCH3 is 1. The van der Waals surface area contributed by atoms with Crippen LogP contribution in [0.1, 0.15) is 45.6 Å². The lowest BCUT2D eigenvalue weighted by Crippen LogP contribution is -2.24. The van der Waals surface area contributed by atoms with E-state index in [9.17, 15) is 0 Å². The molecule has 1 aromatic carbocycles. The molecule has 0 N–H and O–H groups in total. The molecule has 0 spiro atoms. The van der Waals surface area contributed by atoms with Crippen molar-refractivity contribution in [3.05, 3.63) is 23.8 Å². The molecule has 0 amide bonds. The Kier molecular flexibility index (Phi) is 3.32. The van der Waals surface area contributed by atoms with Gasteiger partial charge in [0.25, 0.3) is 0 Å². The fourth-order valence-electron chi connectivity index (χ4n) is 1.90. The largest absolute Gasteiger partial charge is 0.493 e. The van der Waals surface area contributed by atoms with Crippen LogP contribution in [0, 0.1) is 0 Å². The molecule has 1 saturated carbocycles. The average molecular weight is 234 g/mol. The molecular weight excluding hydrogens is 212 g/mol. The Bertz CT molecular complexity index is 386. The third kappa shape index (κ3) is 2.74. The smallest absolute Gasteiger partial charge is 0.161 e. The van der Waals surface area contributed by atoms with Gasteiger partial charge in [0, 0.05) is 0 Å². The molecule has 0 saturated heterocycles. The summed E-state index contributed by atoms with van der Waals surface area (Å²) in [5.41, 5.74) is 1.41. The first-order chi connectivity index (χ1) is 8.00. The molecular formula is C15H22O2. The minimum atomic E-state index is 0.141. The lowest BCUT2D eigenvalue weighted by Gasteiger charge is -2.28. The first-order valence-corrected chi connectivity index (χ1v) is 6.36. The van der Waals surface area contributed by atoms with Crippen LogP contribution >= 0.6 is 0 Å². The van der Waals surface area contributed by atoms with Crippen molar-refractivity contribution in [1.82, 2.24) is 0 Å². The first kappa shape index (κ1) is 12.3. The summed E-state index contributed by atoms with van der Waals surface area (Å²) < 4.78 is 11.3. The third-order valence-electron chi connectivity index (χ3n) is 3.38. The Hall–Kier alpha value is -1.18. The normalized spacial score (nSPS) is 16.5. The van der Waals surface area contributed by atoms with Crippen LogP contribution in [0.2, 0.25) is 0 Å². The van der Waals surface area contributed by atoms with E-state index in [1.807, 2.05) is 6.07 Å². The molecule has 0 atom stereocenters. The predicted octanol–water partition coefficient (Wildman–Crippen LogP) is 3.92. The van der Waals surface area contributed by atoms with Gasteiger partial charge in [-0.3, -0.25) is 0 Å². The number of ether oxygens (including phenoxy) is 2. The first-order valence-electron chi connectivity index (χ1n) is 6.36. The van der Waals surface area contributed by atoms with Gasteiger partial charge in [-0.2, -0.15) is 0 Å². The summed E-state index contributed by atoms with van der Waals surface area (Å²) in [4.78, 5) is 0. The second kappa shape index (κ2) is 4.59. The molecule has 0 bridgehead atoms. The molecule has 2 rings (SSSR count). The van der Waals surface area contributed by atoms with Gasteiger partial charge in [0.15, 0.2) is 11.5 Å². The second-order valence-corrected chi connectivity index (χ2v) is 5.79. The average Bonchev–Trinajstić information content (AvgIpc) is 2.22. The highest BCUT2D eigenvalue weighted by atomic mass is 16.5. The van der Waals surface area contributed by atoms with E-state index < -0.39 is 0 Å². The van der Waals surface area contributed by atoms with E-state index in [4.69, 9.17) is 9.47 Å². The zero-order chi connectivity index (χ0) is 12.5. The maximum Gasteiger partial charge on any atom is 0.161 e. The molecule has 0 aromatic heterocycles. The number of rotatable bonds is 3. The molecule has 0 unspecified atom stereocenters. The Morgan fingerprint density at radius 2 is 1.82 bits per heavy atom. The zero-order valence-electron chi connectivity index (χ0n) is 11.2. The van der Waals surface area contributed by atoms with Gasteiger partial charge in [-0.25, -0.2) is 0 Å². The van der Waals surface area contributed by atoms with Crippen molar-refractivity contribution >= 4 is 0 Å². The second-order valence-electron chi connectivity index (χ2n) is 5.79. The van der Waals surface area contributed by atoms with Crippen LogP contribution in [0.15, 0.2) is 18.2 Å². The number of hydrogen-bond donors (Lipinski definition) is 0. The number of hydrogen-bond acceptors (Lipinski definition) is 2. The predicted molar refractivity (Wildman–Crippen MR) is 70.0 cm³/mol. The highest BCUT2D eigenvalue weighted by Crippen LogP contribution is 2.35. The Morgan fingerprint density at radius 1 is 1.12 bits per heavy atom. The lowest BCUT2D eigenvalue weighted by atomic mass is 9.87. The van der Waals surface area contributed by atoms with Crippen LogP contribution in [0.4, 0.5) is 0 Å². The van der Waals surface area contributed by atoms with E-state index in [0.29, 0.717) is 6.10 Å². The van der Waals surface area contributed by atoms with Crippen molar-refractivity contribution < 1.29 is 9.47 Å². The van der Waals surface area contributed by atoms with E-state index in [-0.39, 0.29) is 5.41 Å². The lowest BCUT2D eigenvalue weighted by molar-refractivity contribution is 0.116. The molecule has 2 heteroatoms. The molecule has 0 aliphatic heterocycles. The van der Waals surface area contributed by atoms with Crippen molar-refractivity contribution in [3.8, 4) is 11.5 Å². The standard InChI is InChI=1S/C15H22O2/c1-15(2,3)11-8-9-13(14(10-11)16-4)17-12-6-5-7-12/h8-10,12H,5-7H2,1-4H3. The van der Waals surface area contributed by atoms with E-state index in [2.05, 4.69) is 32.9 Å². The molecule has 1 aromatic rings. The van der Waals surface area contributed by atoms with Crippen LogP contribution in [0.3, 0.4) is 0 Å². The van der Waals surface area contributed by atoms with Crippen LogP contribution in [0.5, 0.6) is 11.5 Å². The summed E-state index contributed by atoms with van der Waals surface area (Å²) in [6.07, 6.45) is 4.02. The summed E-state index contributed by atoms with van der Waals surface area (Å²) in [7, 11) is 1.70. The highest BCUT2D eigenvalue weighted by molar-refractivity contribution is 5.45. The van der Waals surface area contributed by atoms with E-state index >= 15 is 0 Å². The molecule has 0 radical (unpaired) electrons. The topological polar surface area (TPSA) is 18.5 Å². The van der Waals surface area contributed by atoms with E-state index in [0.717, 1.165) is 11.5 Å². The summed E-state index contributed by atoms with van der Waals surface area (Å²) >= 11 is 0. The van der Waals surface area contributed by atoms with Crippen LogP contribution in [-0.2, 0) is 5.41 Å². The van der Waals surface area contributed by atoms with Gasteiger partial charge in [0.05, 0.1) is 13.2 Å². The SMILES string of the molecule is COc1cc(C(C)(C)C)ccc1OC1CCC1. The minimum absolute atomic E-state index is 0.141. The fraction of sp³-hybridized carbons (Fsp3) is 0.600. The molecule has 94 valence electrons. The summed E-state index contributed by atoms with van der Waals surface area (Å²) in [5, 5.41) is 0. The Labute approximate surface area is 104 Å². The van der Waals surface area contributed by atoms with Crippen LogP contribution in [-0.4, -0.2) is 13.2 Å². The van der Waals surface area contributed by atoms with Gasteiger partial charge in [0.1, 0.15) is 0 Å². The molecule has 1 aliphatic rings. The zero-order valence-corrected chi connectivity index (χ0v) is 11.2. The maximum atomic E-state index is 5.91. The van der Waals surface area contributed by atoms with Crippen LogP contribution in [0.25, 0.3) is 0 Å². The molecule has 1 fully saturated rings. The number of benzene rings is 1. The van der Waals surface area contributed by atoms with Gasteiger partial charge in [0.2, 0.25) is 0 Å². The molecule has 1 aliphatic carbocycles. The van der Waals surface area contributed by atoms with Crippen molar-refractivity contribution in [2.75, 3.05) is 7.11 Å². The van der Waals surface area contributed by atoms with Crippen LogP contribution < -0.4 is 9.47 Å². The summed E-state index contributed by atoms with van der Waals surface area (Å²) in [5.74, 6) is 1.73. The molecule has 17 heavy (non-hydrogen) atoms. The minimum Gasteiger partial charge on any atom is -0.493 e.